The summed E-state index contributed by atoms with van der Waals surface area (Å²) in [5, 5.41) is 0. The van der Waals surface area contributed by atoms with Crippen LogP contribution in [-0.2, 0) is 11.3 Å². The first kappa shape index (κ1) is 15.3. The molecule has 110 valence electrons. The molecule has 1 saturated heterocycles. The monoisotopic (exact) mass is 340 g/mol. The molecule has 1 unspecified atom stereocenters. The van der Waals surface area contributed by atoms with Gasteiger partial charge in [0.25, 0.3) is 5.91 Å². The quantitative estimate of drug-likeness (QED) is 0.770. The Labute approximate surface area is 128 Å². The lowest BCUT2D eigenvalue weighted by molar-refractivity contribution is -0.125. The highest BCUT2D eigenvalue weighted by molar-refractivity contribution is 9.10. The number of amides is 2. The Bertz CT molecular complexity index is 510. The summed E-state index contributed by atoms with van der Waals surface area (Å²) in [6, 6.07) is 1.80. The zero-order chi connectivity index (χ0) is 14.7. The predicted molar refractivity (Wildman–Crippen MR) is 81.5 cm³/mol. The third-order valence-electron chi connectivity index (χ3n) is 3.69. The molecular weight excluding hydrogens is 320 g/mol. The number of imide groups is 1. The molecule has 20 heavy (non-hydrogen) atoms. The van der Waals surface area contributed by atoms with Crippen molar-refractivity contribution < 1.29 is 9.59 Å². The van der Waals surface area contributed by atoms with Gasteiger partial charge in [-0.2, -0.15) is 0 Å². The molecule has 0 radical (unpaired) electrons. The highest BCUT2D eigenvalue weighted by Crippen LogP contribution is 2.25. The molecule has 0 N–H and O–H groups in total. The van der Waals surface area contributed by atoms with Gasteiger partial charge in [-0.3, -0.25) is 14.5 Å². The van der Waals surface area contributed by atoms with Gasteiger partial charge in [0, 0.05) is 30.2 Å². The van der Waals surface area contributed by atoms with Crippen molar-refractivity contribution in [1.29, 1.82) is 0 Å². The number of nitrogens with zero attached hydrogens (tertiary/aromatic N) is 2. The van der Waals surface area contributed by atoms with Crippen LogP contribution in [0.25, 0.3) is 0 Å². The summed E-state index contributed by atoms with van der Waals surface area (Å²) in [5.41, 5.74) is 0.601. The molecule has 0 aromatic carbocycles. The highest BCUT2D eigenvalue weighted by atomic mass is 79.9. The minimum Gasteiger partial charge on any atom is -0.342 e. The summed E-state index contributed by atoms with van der Waals surface area (Å²) in [6.45, 7) is 5.53. The fourth-order valence-electron chi connectivity index (χ4n) is 2.80. The molecular formula is C15H21BrN2O2. The van der Waals surface area contributed by atoms with Gasteiger partial charge >= 0.3 is 0 Å². The van der Waals surface area contributed by atoms with E-state index >= 15 is 0 Å². The molecule has 5 heteroatoms. The molecule has 0 saturated carbocycles. The van der Waals surface area contributed by atoms with Crippen LogP contribution in [0.3, 0.4) is 0 Å². The van der Waals surface area contributed by atoms with E-state index in [0.29, 0.717) is 24.6 Å². The van der Waals surface area contributed by atoms with Crippen LogP contribution in [0.2, 0.25) is 0 Å². The molecule has 1 aliphatic heterocycles. The van der Waals surface area contributed by atoms with Crippen LogP contribution in [0.4, 0.5) is 0 Å². The van der Waals surface area contributed by atoms with Crippen LogP contribution >= 0.6 is 15.9 Å². The third kappa shape index (κ3) is 3.14. The van der Waals surface area contributed by atoms with E-state index in [9.17, 15) is 9.59 Å². The van der Waals surface area contributed by atoms with E-state index in [0.717, 1.165) is 30.3 Å². The summed E-state index contributed by atoms with van der Waals surface area (Å²) in [4.78, 5) is 26.0. The fraction of sp³-hybridized carbons (Fsp3) is 0.600. The third-order valence-corrected chi connectivity index (χ3v) is 4.13. The van der Waals surface area contributed by atoms with Crippen molar-refractivity contribution in [3.05, 3.63) is 22.4 Å². The van der Waals surface area contributed by atoms with E-state index in [1.807, 2.05) is 10.8 Å². The number of hydrogen-bond donors (Lipinski definition) is 0. The minimum atomic E-state index is -0.159. The Morgan fingerprint density at radius 1 is 1.40 bits per heavy atom. The topological polar surface area (TPSA) is 42.3 Å². The molecule has 2 rings (SSSR count). The maximum atomic E-state index is 12.6. The van der Waals surface area contributed by atoms with E-state index in [4.69, 9.17) is 0 Å². The summed E-state index contributed by atoms with van der Waals surface area (Å²) in [7, 11) is 0. The van der Waals surface area contributed by atoms with Crippen molar-refractivity contribution >= 4 is 27.7 Å². The Kier molecular flexibility index (Phi) is 5.02. The van der Waals surface area contributed by atoms with Gasteiger partial charge < -0.3 is 4.57 Å². The number of rotatable bonds is 5. The first-order valence-electron chi connectivity index (χ1n) is 7.27. The van der Waals surface area contributed by atoms with Gasteiger partial charge in [0.1, 0.15) is 5.69 Å². The van der Waals surface area contributed by atoms with Crippen LogP contribution in [0.1, 0.15) is 50.0 Å². The van der Waals surface area contributed by atoms with Gasteiger partial charge in [-0.05, 0) is 40.8 Å². The second-order valence-corrected chi connectivity index (χ2v) is 6.32. The Morgan fingerprint density at radius 3 is 2.80 bits per heavy atom. The summed E-state index contributed by atoms with van der Waals surface area (Å²) >= 11 is 3.41. The minimum absolute atomic E-state index is 0.0335. The summed E-state index contributed by atoms with van der Waals surface area (Å²) in [5.74, 6) is 0.135. The molecule has 0 aliphatic carbocycles. The lowest BCUT2D eigenvalue weighted by Crippen LogP contribution is -2.33. The zero-order valence-electron chi connectivity index (χ0n) is 12.1. The predicted octanol–water partition coefficient (Wildman–Crippen LogP) is 3.45. The van der Waals surface area contributed by atoms with E-state index in [-0.39, 0.29) is 11.8 Å². The molecule has 2 heterocycles. The number of hydrogen-bond acceptors (Lipinski definition) is 2. The largest absolute Gasteiger partial charge is 0.342 e. The first-order chi connectivity index (χ1) is 9.56. The van der Waals surface area contributed by atoms with E-state index < -0.39 is 0 Å². The second-order valence-electron chi connectivity index (χ2n) is 5.41. The van der Waals surface area contributed by atoms with Crippen LogP contribution in [0.5, 0.6) is 0 Å². The number of aromatic nitrogens is 1. The Morgan fingerprint density at radius 2 is 2.15 bits per heavy atom. The maximum Gasteiger partial charge on any atom is 0.277 e. The number of aryl methyl sites for hydroxylation is 1. The SMILES string of the molecule is CCCC1CC(=O)N(C(=O)c2cc(Br)cn2CCC)C1. The lowest BCUT2D eigenvalue weighted by Gasteiger charge is -2.16. The van der Waals surface area contributed by atoms with Gasteiger partial charge in [0.15, 0.2) is 0 Å². The normalized spacial score (nSPS) is 18.9. The molecule has 1 fully saturated rings. The Balaban J connectivity index is 2.17. The van der Waals surface area contributed by atoms with E-state index in [2.05, 4.69) is 29.8 Å². The van der Waals surface area contributed by atoms with Crippen molar-refractivity contribution in [2.45, 2.75) is 46.1 Å². The number of carbonyl (C=O) groups is 2. The molecule has 1 atom stereocenters. The van der Waals surface area contributed by atoms with Crippen LogP contribution in [0, 0.1) is 5.92 Å². The zero-order valence-corrected chi connectivity index (χ0v) is 13.6. The molecule has 1 aromatic heterocycles. The fourth-order valence-corrected chi connectivity index (χ4v) is 3.26. The van der Waals surface area contributed by atoms with Crippen molar-refractivity contribution in [2.24, 2.45) is 5.92 Å². The van der Waals surface area contributed by atoms with Gasteiger partial charge in [0.05, 0.1) is 0 Å². The standard InChI is InChI=1S/C15H21BrN2O2/c1-3-5-11-7-14(19)18(9-11)15(20)13-8-12(16)10-17(13)6-4-2/h8,10-11H,3-7,9H2,1-2H3. The second kappa shape index (κ2) is 6.57. The average Bonchev–Trinajstić information content (AvgIpc) is 2.93. The average molecular weight is 341 g/mol. The van der Waals surface area contributed by atoms with Crippen LogP contribution in [0.15, 0.2) is 16.7 Å². The molecule has 4 nitrogen and oxygen atoms in total. The summed E-state index contributed by atoms with van der Waals surface area (Å²) in [6.07, 6.45) is 5.43. The van der Waals surface area contributed by atoms with Crippen molar-refractivity contribution in [3.63, 3.8) is 0 Å². The van der Waals surface area contributed by atoms with Crippen LogP contribution < -0.4 is 0 Å². The van der Waals surface area contributed by atoms with Gasteiger partial charge in [-0.15, -0.1) is 0 Å². The maximum absolute atomic E-state index is 12.6. The molecule has 1 aromatic rings. The van der Waals surface area contributed by atoms with Gasteiger partial charge in [-0.25, -0.2) is 0 Å². The highest BCUT2D eigenvalue weighted by Gasteiger charge is 2.34. The smallest absolute Gasteiger partial charge is 0.277 e. The molecule has 1 aliphatic rings. The first-order valence-corrected chi connectivity index (χ1v) is 8.06. The van der Waals surface area contributed by atoms with Crippen molar-refractivity contribution in [2.75, 3.05) is 6.54 Å². The van der Waals surface area contributed by atoms with Crippen LogP contribution in [-0.4, -0.2) is 27.8 Å². The molecule has 0 bridgehead atoms. The number of carbonyl (C=O) groups excluding carboxylic acids is 2. The van der Waals surface area contributed by atoms with Crippen molar-refractivity contribution in [1.82, 2.24) is 9.47 Å². The van der Waals surface area contributed by atoms with Crippen molar-refractivity contribution in [3.8, 4) is 0 Å². The Hall–Kier alpha value is -1.10. The van der Waals surface area contributed by atoms with E-state index in [1.165, 1.54) is 4.90 Å². The number of halogens is 1. The van der Waals surface area contributed by atoms with E-state index in [1.54, 1.807) is 6.07 Å². The molecule has 2 amide bonds. The summed E-state index contributed by atoms with van der Waals surface area (Å²) < 4.78 is 2.80. The lowest BCUT2D eigenvalue weighted by atomic mass is 10.0. The van der Waals surface area contributed by atoms with Gasteiger partial charge in [-0.1, -0.05) is 20.3 Å². The number of likely N-dealkylation sites (tertiary alicyclic amines) is 1. The van der Waals surface area contributed by atoms with Gasteiger partial charge in [0.2, 0.25) is 5.91 Å². The molecule has 0 spiro atoms.